The molecule has 1 saturated heterocycles. The summed E-state index contributed by atoms with van der Waals surface area (Å²) in [5, 5.41) is 7.01. The maximum atomic E-state index is 11.4. The van der Waals surface area contributed by atoms with E-state index in [9.17, 15) is 4.79 Å². The highest BCUT2D eigenvalue weighted by molar-refractivity contribution is 7.80. The van der Waals surface area contributed by atoms with Crippen LogP contribution < -0.4 is 10.6 Å². The summed E-state index contributed by atoms with van der Waals surface area (Å²) < 4.78 is 4.67. The summed E-state index contributed by atoms with van der Waals surface area (Å²) in [5.74, 6) is 0.300. The maximum Gasteiger partial charge on any atom is 0.337 e. The Balaban J connectivity index is 1.78. The molecule has 0 saturated carbocycles. The molecule has 0 aliphatic carbocycles. The fourth-order valence-corrected chi connectivity index (χ4v) is 2.86. The first kappa shape index (κ1) is 16.7. The van der Waals surface area contributed by atoms with Gasteiger partial charge in [-0.1, -0.05) is 0 Å². The van der Waals surface area contributed by atoms with Crippen molar-refractivity contribution < 1.29 is 9.53 Å². The van der Waals surface area contributed by atoms with Gasteiger partial charge in [-0.3, -0.25) is 0 Å². The minimum atomic E-state index is -0.339. The maximum absolute atomic E-state index is 11.4. The average Bonchev–Trinajstić information content (AvgIpc) is 2.53. The predicted molar refractivity (Wildman–Crippen MR) is 92.2 cm³/mol. The lowest BCUT2D eigenvalue weighted by atomic mass is 9.99. The van der Waals surface area contributed by atoms with Gasteiger partial charge in [0.15, 0.2) is 5.11 Å². The number of ether oxygens (including phenoxy) is 1. The Morgan fingerprint density at radius 3 is 2.77 bits per heavy atom. The van der Waals surface area contributed by atoms with Crippen molar-refractivity contribution >= 4 is 29.0 Å². The highest BCUT2D eigenvalue weighted by Gasteiger charge is 2.17. The Morgan fingerprint density at radius 2 is 2.14 bits per heavy atom. The average molecular weight is 321 g/mol. The van der Waals surface area contributed by atoms with Crippen LogP contribution >= 0.6 is 12.2 Å². The van der Waals surface area contributed by atoms with E-state index in [-0.39, 0.29) is 5.97 Å². The number of nitrogens with zero attached hydrogens (tertiary/aromatic N) is 1. The van der Waals surface area contributed by atoms with Crippen molar-refractivity contribution in [2.24, 2.45) is 5.92 Å². The van der Waals surface area contributed by atoms with E-state index < -0.39 is 0 Å². The number of likely N-dealkylation sites (tertiary alicyclic amines) is 1. The van der Waals surface area contributed by atoms with Gasteiger partial charge in [0, 0.05) is 18.8 Å². The second-order valence-electron chi connectivity index (χ2n) is 5.67. The Morgan fingerprint density at radius 1 is 1.41 bits per heavy atom. The molecule has 0 bridgehead atoms. The number of benzene rings is 1. The van der Waals surface area contributed by atoms with E-state index in [2.05, 4.69) is 27.3 Å². The van der Waals surface area contributed by atoms with Gasteiger partial charge < -0.3 is 20.3 Å². The summed E-state index contributed by atoms with van der Waals surface area (Å²) in [6, 6.07) is 7.06. The lowest BCUT2D eigenvalue weighted by Gasteiger charge is -2.30. The molecule has 120 valence electrons. The van der Waals surface area contributed by atoms with Crippen LogP contribution in [-0.4, -0.2) is 49.8 Å². The lowest BCUT2D eigenvalue weighted by Crippen LogP contribution is -2.40. The molecule has 1 aromatic rings. The molecule has 2 rings (SSSR count). The number of methoxy groups -OCH3 is 1. The molecule has 22 heavy (non-hydrogen) atoms. The van der Waals surface area contributed by atoms with E-state index in [4.69, 9.17) is 12.2 Å². The molecule has 1 fully saturated rings. The third kappa shape index (κ3) is 4.96. The van der Waals surface area contributed by atoms with Crippen molar-refractivity contribution in [1.29, 1.82) is 0 Å². The molecule has 1 aliphatic heterocycles. The van der Waals surface area contributed by atoms with Gasteiger partial charge in [-0.25, -0.2) is 4.79 Å². The highest BCUT2D eigenvalue weighted by Crippen LogP contribution is 2.14. The van der Waals surface area contributed by atoms with Crippen LogP contribution in [0, 0.1) is 5.92 Å². The van der Waals surface area contributed by atoms with Gasteiger partial charge in [0.2, 0.25) is 0 Å². The minimum Gasteiger partial charge on any atom is -0.465 e. The molecule has 1 aromatic carbocycles. The SMILES string of the molecule is COC(=O)c1ccc(NC(=S)NCC2CCCN(C)C2)cc1. The fraction of sp³-hybridized carbons (Fsp3) is 0.500. The van der Waals surface area contributed by atoms with Crippen LogP contribution in [0.15, 0.2) is 24.3 Å². The normalized spacial score (nSPS) is 18.5. The molecule has 0 radical (unpaired) electrons. The first-order valence-corrected chi connectivity index (χ1v) is 7.91. The lowest BCUT2D eigenvalue weighted by molar-refractivity contribution is 0.0601. The summed E-state index contributed by atoms with van der Waals surface area (Å²) in [6.07, 6.45) is 2.49. The summed E-state index contributed by atoms with van der Waals surface area (Å²) in [5.41, 5.74) is 1.38. The second-order valence-corrected chi connectivity index (χ2v) is 6.08. The number of anilines is 1. The van der Waals surface area contributed by atoms with Gasteiger partial charge in [0.05, 0.1) is 12.7 Å². The Hall–Kier alpha value is -1.66. The molecule has 0 spiro atoms. The number of rotatable bonds is 4. The van der Waals surface area contributed by atoms with Gasteiger partial charge in [0.25, 0.3) is 0 Å². The van der Waals surface area contributed by atoms with Crippen LogP contribution in [-0.2, 0) is 4.74 Å². The van der Waals surface area contributed by atoms with E-state index in [1.54, 1.807) is 12.1 Å². The molecule has 1 heterocycles. The molecule has 2 N–H and O–H groups in total. The summed E-state index contributed by atoms with van der Waals surface area (Å²) in [6.45, 7) is 3.19. The molecule has 0 amide bonds. The topological polar surface area (TPSA) is 53.6 Å². The van der Waals surface area contributed by atoms with Crippen LogP contribution in [0.5, 0.6) is 0 Å². The monoisotopic (exact) mass is 321 g/mol. The van der Waals surface area contributed by atoms with E-state index in [0.717, 1.165) is 18.8 Å². The molecule has 1 atom stereocenters. The standard InChI is InChI=1S/C16H23N3O2S/c1-19-9-3-4-12(11-19)10-17-16(22)18-14-7-5-13(6-8-14)15(20)21-2/h5-8,12H,3-4,9-11H2,1-2H3,(H2,17,18,22). The number of hydrogen-bond donors (Lipinski definition) is 2. The molecule has 0 aromatic heterocycles. The third-order valence-corrected chi connectivity index (χ3v) is 4.08. The van der Waals surface area contributed by atoms with E-state index >= 15 is 0 Å². The third-order valence-electron chi connectivity index (χ3n) is 3.84. The zero-order valence-electron chi connectivity index (χ0n) is 13.1. The van der Waals surface area contributed by atoms with Crippen molar-refractivity contribution in [3.05, 3.63) is 29.8 Å². The van der Waals surface area contributed by atoms with Crippen molar-refractivity contribution in [3.8, 4) is 0 Å². The molecule has 6 heteroatoms. The quantitative estimate of drug-likeness (QED) is 0.654. The zero-order valence-corrected chi connectivity index (χ0v) is 13.9. The van der Waals surface area contributed by atoms with E-state index in [1.165, 1.54) is 26.5 Å². The number of hydrogen-bond acceptors (Lipinski definition) is 4. The van der Waals surface area contributed by atoms with Crippen molar-refractivity contribution in [2.45, 2.75) is 12.8 Å². The van der Waals surface area contributed by atoms with Gasteiger partial charge in [0.1, 0.15) is 0 Å². The van der Waals surface area contributed by atoms with Gasteiger partial charge in [-0.15, -0.1) is 0 Å². The molecule has 1 unspecified atom stereocenters. The Kier molecular flexibility index (Phi) is 6.15. The van der Waals surface area contributed by atoms with Crippen molar-refractivity contribution in [3.63, 3.8) is 0 Å². The first-order valence-electron chi connectivity index (χ1n) is 7.50. The van der Waals surface area contributed by atoms with Crippen LogP contribution in [0.2, 0.25) is 0 Å². The van der Waals surface area contributed by atoms with Crippen molar-refractivity contribution in [2.75, 3.05) is 39.1 Å². The number of carbonyl (C=O) groups is 1. The van der Waals surface area contributed by atoms with E-state index in [1.807, 2.05) is 12.1 Å². The van der Waals surface area contributed by atoms with E-state index in [0.29, 0.717) is 16.6 Å². The Labute approximate surface area is 137 Å². The van der Waals surface area contributed by atoms with Gasteiger partial charge >= 0.3 is 5.97 Å². The Bertz CT molecular complexity index is 519. The fourth-order valence-electron chi connectivity index (χ4n) is 2.66. The highest BCUT2D eigenvalue weighted by atomic mass is 32.1. The van der Waals surface area contributed by atoms with Crippen LogP contribution in [0.4, 0.5) is 5.69 Å². The molecule has 1 aliphatic rings. The number of piperidine rings is 1. The summed E-state index contributed by atoms with van der Waals surface area (Å²) in [7, 11) is 3.53. The van der Waals surface area contributed by atoms with Crippen LogP contribution in [0.3, 0.4) is 0 Å². The molecule has 5 nitrogen and oxygen atoms in total. The van der Waals surface area contributed by atoms with Crippen molar-refractivity contribution in [1.82, 2.24) is 10.2 Å². The summed E-state index contributed by atoms with van der Waals surface area (Å²) in [4.78, 5) is 13.7. The van der Waals surface area contributed by atoms with Gasteiger partial charge in [-0.2, -0.15) is 0 Å². The second kappa shape index (κ2) is 8.10. The molecular weight excluding hydrogens is 298 g/mol. The number of carbonyl (C=O) groups excluding carboxylic acids is 1. The number of esters is 1. The van der Waals surface area contributed by atoms with Crippen LogP contribution in [0.25, 0.3) is 0 Å². The smallest absolute Gasteiger partial charge is 0.337 e. The molecular formula is C16H23N3O2S. The largest absolute Gasteiger partial charge is 0.465 e. The minimum absolute atomic E-state index is 0.339. The number of thiocarbonyl (C=S) groups is 1. The zero-order chi connectivity index (χ0) is 15.9. The first-order chi connectivity index (χ1) is 10.6. The number of nitrogens with one attached hydrogen (secondary N) is 2. The summed E-state index contributed by atoms with van der Waals surface area (Å²) >= 11 is 5.31. The van der Waals surface area contributed by atoms with Gasteiger partial charge in [-0.05, 0) is 68.8 Å². The predicted octanol–water partition coefficient (Wildman–Crippen LogP) is 2.10. The van der Waals surface area contributed by atoms with Crippen LogP contribution in [0.1, 0.15) is 23.2 Å².